The van der Waals surface area contributed by atoms with Gasteiger partial charge in [-0.2, -0.15) is 0 Å². The lowest BCUT2D eigenvalue weighted by molar-refractivity contribution is -0.141. The van der Waals surface area contributed by atoms with E-state index in [-0.39, 0.29) is 12.0 Å². The number of hydrogen-bond acceptors (Lipinski definition) is 2. The molecule has 2 aliphatic rings. The Hall–Kier alpha value is -0.570. The molecule has 2 fully saturated rings. The molecule has 2 aliphatic carbocycles. The Morgan fingerprint density at radius 1 is 1.16 bits per heavy atom. The summed E-state index contributed by atoms with van der Waals surface area (Å²) < 4.78 is 0. The van der Waals surface area contributed by atoms with Crippen molar-refractivity contribution in [2.24, 2.45) is 17.6 Å². The first-order chi connectivity index (χ1) is 9.13. The number of nitrogens with two attached hydrogens (primary N) is 1. The lowest BCUT2D eigenvalue weighted by Crippen LogP contribution is -2.48. The van der Waals surface area contributed by atoms with Crippen LogP contribution in [0.4, 0.5) is 0 Å². The number of amides is 1. The fraction of sp³-hybridized carbons (Fsp3) is 0.938. The molecule has 0 aliphatic heterocycles. The molecule has 3 atom stereocenters. The Balaban J connectivity index is 2.02. The van der Waals surface area contributed by atoms with Gasteiger partial charge in [0.2, 0.25) is 5.91 Å². The van der Waals surface area contributed by atoms with Crippen molar-refractivity contribution in [3.8, 4) is 0 Å². The largest absolute Gasteiger partial charge is 0.340 e. The van der Waals surface area contributed by atoms with Crippen LogP contribution < -0.4 is 5.73 Å². The van der Waals surface area contributed by atoms with Gasteiger partial charge in [-0.05, 0) is 44.9 Å². The van der Waals surface area contributed by atoms with Crippen LogP contribution in [0.15, 0.2) is 0 Å². The molecule has 3 heteroatoms. The summed E-state index contributed by atoms with van der Waals surface area (Å²) in [7, 11) is 0. The number of carbonyl (C=O) groups is 1. The fourth-order valence-corrected chi connectivity index (χ4v) is 3.90. The second kappa shape index (κ2) is 6.74. The highest BCUT2D eigenvalue weighted by Gasteiger charge is 2.35. The maximum Gasteiger partial charge on any atom is 0.226 e. The first-order valence-electron chi connectivity index (χ1n) is 8.19. The van der Waals surface area contributed by atoms with E-state index in [4.69, 9.17) is 5.73 Å². The normalized spacial score (nSPS) is 33.1. The average Bonchev–Trinajstić information content (AvgIpc) is 2.43. The minimum atomic E-state index is 0.172. The van der Waals surface area contributed by atoms with Gasteiger partial charge >= 0.3 is 0 Å². The highest BCUT2D eigenvalue weighted by molar-refractivity contribution is 5.79. The molecule has 0 spiro atoms. The zero-order valence-electron chi connectivity index (χ0n) is 12.6. The zero-order chi connectivity index (χ0) is 13.8. The van der Waals surface area contributed by atoms with E-state index in [2.05, 4.69) is 18.7 Å². The van der Waals surface area contributed by atoms with Crippen LogP contribution in [0.25, 0.3) is 0 Å². The monoisotopic (exact) mass is 266 g/mol. The van der Waals surface area contributed by atoms with Gasteiger partial charge < -0.3 is 10.6 Å². The molecule has 2 N–H and O–H groups in total. The summed E-state index contributed by atoms with van der Waals surface area (Å²) in [6.45, 7) is 5.21. The summed E-state index contributed by atoms with van der Waals surface area (Å²) in [5.41, 5.74) is 6.07. The summed E-state index contributed by atoms with van der Waals surface area (Å²) in [6.07, 6.45) is 9.40. The lowest BCUT2D eigenvalue weighted by Gasteiger charge is -2.39. The topological polar surface area (TPSA) is 46.3 Å². The number of nitrogens with zero attached hydrogens (tertiary/aromatic N) is 1. The van der Waals surface area contributed by atoms with Crippen LogP contribution in [-0.4, -0.2) is 29.4 Å². The molecular formula is C16H30N2O. The van der Waals surface area contributed by atoms with Crippen molar-refractivity contribution in [1.29, 1.82) is 0 Å². The summed E-state index contributed by atoms with van der Waals surface area (Å²) in [5.74, 6) is 1.06. The molecule has 0 heterocycles. The van der Waals surface area contributed by atoms with Crippen LogP contribution in [0.5, 0.6) is 0 Å². The number of rotatable bonds is 3. The number of carbonyl (C=O) groups excluding carboxylic acids is 1. The predicted octanol–water partition coefficient (Wildman–Crippen LogP) is 2.93. The van der Waals surface area contributed by atoms with Crippen molar-refractivity contribution in [1.82, 2.24) is 4.90 Å². The van der Waals surface area contributed by atoms with E-state index in [1.165, 1.54) is 32.1 Å². The Kier molecular flexibility index (Phi) is 5.26. The molecular weight excluding hydrogens is 236 g/mol. The van der Waals surface area contributed by atoms with Crippen molar-refractivity contribution < 1.29 is 4.79 Å². The minimum absolute atomic E-state index is 0.172. The molecule has 19 heavy (non-hydrogen) atoms. The fourth-order valence-electron chi connectivity index (χ4n) is 3.90. The first-order valence-corrected chi connectivity index (χ1v) is 8.19. The average molecular weight is 266 g/mol. The third kappa shape index (κ3) is 3.50. The van der Waals surface area contributed by atoms with E-state index in [0.717, 1.165) is 25.8 Å². The van der Waals surface area contributed by atoms with Crippen LogP contribution in [0.3, 0.4) is 0 Å². The second-order valence-electron chi connectivity index (χ2n) is 6.57. The van der Waals surface area contributed by atoms with Crippen molar-refractivity contribution in [3.63, 3.8) is 0 Å². The standard InChI is InChI=1S/C16H30N2O/c1-3-18(14-7-5-4-6-8-14)16(19)15-11-13(17)10-9-12(15)2/h12-15H,3-11,17H2,1-2H3. The van der Waals surface area contributed by atoms with Gasteiger partial charge in [0, 0.05) is 24.5 Å². The van der Waals surface area contributed by atoms with Crippen LogP contribution in [-0.2, 0) is 4.79 Å². The molecule has 3 unspecified atom stereocenters. The van der Waals surface area contributed by atoms with E-state index in [9.17, 15) is 4.79 Å². The van der Waals surface area contributed by atoms with Crippen LogP contribution in [0.2, 0.25) is 0 Å². The van der Waals surface area contributed by atoms with Crippen LogP contribution in [0, 0.1) is 11.8 Å². The minimum Gasteiger partial charge on any atom is -0.340 e. The smallest absolute Gasteiger partial charge is 0.226 e. The van der Waals surface area contributed by atoms with Gasteiger partial charge in [-0.3, -0.25) is 4.79 Å². The molecule has 3 nitrogen and oxygen atoms in total. The van der Waals surface area contributed by atoms with E-state index in [1.54, 1.807) is 0 Å². The molecule has 2 rings (SSSR count). The van der Waals surface area contributed by atoms with E-state index < -0.39 is 0 Å². The van der Waals surface area contributed by atoms with Gasteiger partial charge in [-0.25, -0.2) is 0 Å². The molecule has 0 radical (unpaired) electrons. The lowest BCUT2D eigenvalue weighted by atomic mass is 9.77. The van der Waals surface area contributed by atoms with E-state index >= 15 is 0 Å². The van der Waals surface area contributed by atoms with Gasteiger partial charge in [0.25, 0.3) is 0 Å². The molecule has 0 saturated heterocycles. The molecule has 110 valence electrons. The summed E-state index contributed by atoms with van der Waals surface area (Å²) >= 11 is 0. The second-order valence-corrected chi connectivity index (χ2v) is 6.57. The third-order valence-corrected chi connectivity index (χ3v) is 5.19. The SMILES string of the molecule is CCN(C(=O)C1CC(N)CCC1C)C1CCCCC1. The molecule has 0 aromatic carbocycles. The maximum atomic E-state index is 12.9. The van der Waals surface area contributed by atoms with Crippen molar-refractivity contribution in [2.75, 3.05) is 6.54 Å². The van der Waals surface area contributed by atoms with Gasteiger partial charge in [0.15, 0.2) is 0 Å². The molecule has 0 aromatic rings. The molecule has 1 amide bonds. The van der Waals surface area contributed by atoms with Crippen molar-refractivity contribution in [3.05, 3.63) is 0 Å². The summed E-state index contributed by atoms with van der Waals surface area (Å²) in [5, 5.41) is 0. The Bertz CT molecular complexity index is 299. The zero-order valence-corrected chi connectivity index (χ0v) is 12.6. The van der Waals surface area contributed by atoms with Crippen molar-refractivity contribution >= 4 is 5.91 Å². The highest BCUT2D eigenvalue weighted by Crippen LogP contribution is 2.32. The highest BCUT2D eigenvalue weighted by atomic mass is 16.2. The van der Waals surface area contributed by atoms with Gasteiger partial charge in [0.1, 0.15) is 0 Å². The van der Waals surface area contributed by atoms with Crippen LogP contribution >= 0.6 is 0 Å². The quantitative estimate of drug-likeness (QED) is 0.853. The number of hydrogen-bond donors (Lipinski definition) is 1. The molecule has 0 aromatic heterocycles. The molecule has 0 bridgehead atoms. The van der Waals surface area contributed by atoms with Gasteiger partial charge in [-0.15, -0.1) is 0 Å². The Morgan fingerprint density at radius 2 is 1.84 bits per heavy atom. The van der Waals surface area contributed by atoms with Gasteiger partial charge in [-0.1, -0.05) is 26.2 Å². The van der Waals surface area contributed by atoms with Crippen molar-refractivity contribution in [2.45, 2.75) is 77.3 Å². The van der Waals surface area contributed by atoms with E-state index in [1.807, 2.05) is 0 Å². The molecule has 2 saturated carbocycles. The third-order valence-electron chi connectivity index (χ3n) is 5.19. The van der Waals surface area contributed by atoms with Gasteiger partial charge in [0.05, 0.1) is 0 Å². The summed E-state index contributed by atoms with van der Waals surface area (Å²) in [4.78, 5) is 15.0. The summed E-state index contributed by atoms with van der Waals surface area (Å²) in [6, 6.07) is 0.729. The maximum absolute atomic E-state index is 12.9. The van der Waals surface area contributed by atoms with E-state index in [0.29, 0.717) is 17.9 Å². The predicted molar refractivity (Wildman–Crippen MR) is 78.7 cm³/mol. The first kappa shape index (κ1) is 14.8. The van der Waals surface area contributed by atoms with Crippen LogP contribution in [0.1, 0.15) is 65.2 Å². The Morgan fingerprint density at radius 3 is 2.47 bits per heavy atom. The Labute approximate surface area is 117 Å².